The van der Waals surface area contributed by atoms with Crippen LogP contribution >= 0.6 is 0 Å². The lowest BCUT2D eigenvalue weighted by Crippen LogP contribution is -2.15. The maximum absolute atomic E-state index is 4.57. The zero-order valence-electron chi connectivity index (χ0n) is 18.3. The Kier molecular flexibility index (Phi) is 3.45. The quantitative estimate of drug-likeness (QED) is 0.270. The van der Waals surface area contributed by atoms with Crippen LogP contribution in [-0.4, -0.2) is 4.98 Å². The third-order valence-corrected chi connectivity index (χ3v) is 7.50. The first-order chi connectivity index (χ1) is 15.6. The van der Waals surface area contributed by atoms with Crippen LogP contribution in [0.1, 0.15) is 36.1 Å². The average molecular weight is 410 g/mol. The Morgan fingerprint density at radius 3 is 2.41 bits per heavy atom. The van der Waals surface area contributed by atoms with Crippen LogP contribution in [0.25, 0.3) is 44.3 Å². The summed E-state index contributed by atoms with van der Waals surface area (Å²) < 4.78 is 0. The van der Waals surface area contributed by atoms with Crippen molar-refractivity contribution in [2.75, 3.05) is 0 Å². The molecule has 0 saturated carbocycles. The van der Waals surface area contributed by atoms with E-state index in [1.807, 2.05) is 12.3 Å². The second kappa shape index (κ2) is 6.17. The minimum absolute atomic E-state index is 0.00306. The summed E-state index contributed by atoms with van der Waals surface area (Å²) in [5, 5.41) is 2.74. The van der Waals surface area contributed by atoms with Gasteiger partial charge in [-0.25, -0.2) is 0 Å². The molecule has 1 heterocycles. The zero-order valence-corrected chi connectivity index (χ0v) is 18.3. The highest BCUT2D eigenvalue weighted by molar-refractivity contribution is 6.01. The molecule has 0 radical (unpaired) electrons. The largest absolute Gasteiger partial charge is 0.256 e. The number of nitrogens with zero attached hydrogens (tertiary/aromatic N) is 1. The molecule has 32 heavy (non-hydrogen) atoms. The van der Waals surface area contributed by atoms with Gasteiger partial charge >= 0.3 is 0 Å². The molecule has 2 aliphatic carbocycles. The fourth-order valence-electron chi connectivity index (χ4n) is 5.99. The lowest BCUT2D eigenvalue weighted by molar-refractivity contribution is 0.666. The van der Waals surface area contributed by atoms with Gasteiger partial charge in [0.1, 0.15) is 0 Å². The summed E-state index contributed by atoms with van der Waals surface area (Å²) in [5.41, 5.74) is 13.5. The molecule has 0 unspecified atom stereocenters. The molecule has 0 fully saturated rings. The van der Waals surface area contributed by atoms with Crippen molar-refractivity contribution in [2.45, 2.75) is 25.7 Å². The molecular formula is C31H23N. The van der Waals surface area contributed by atoms with E-state index in [1.54, 1.807) is 0 Å². The molecule has 5 aromatic rings. The van der Waals surface area contributed by atoms with Gasteiger partial charge in [-0.1, -0.05) is 74.5 Å². The summed E-state index contributed by atoms with van der Waals surface area (Å²) in [4.78, 5) is 4.57. The first-order valence-corrected chi connectivity index (χ1v) is 11.4. The standard InChI is InChI=1S/C31H23N/c1-31(2)28-8-4-3-7-23(28)24-13-12-20-16-22-15-19-10-11-21(29-9-5-6-14-32-29)17-25(19)26(22)18-27(20)30(24)31/h3-14,16-18H,15H2,1-2H3. The second-order valence-electron chi connectivity index (χ2n) is 9.65. The third kappa shape index (κ3) is 2.31. The van der Waals surface area contributed by atoms with E-state index in [0.717, 1.165) is 12.1 Å². The van der Waals surface area contributed by atoms with Crippen LogP contribution in [-0.2, 0) is 11.8 Å². The molecule has 0 atom stereocenters. The van der Waals surface area contributed by atoms with E-state index in [-0.39, 0.29) is 5.41 Å². The Balaban J connectivity index is 1.48. The van der Waals surface area contributed by atoms with E-state index in [2.05, 4.69) is 97.7 Å². The van der Waals surface area contributed by atoms with Gasteiger partial charge in [-0.3, -0.25) is 4.98 Å². The maximum Gasteiger partial charge on any atom is 0.0702 e. The molecule has 0 bridgehead atoms. The monoisotopic (exact) mass is 409 g/mol. The number of benzene rings is 4. The molecule has 0 spiro atoms. The molecule has 152 valence electrons. The second-order valence-corrected chi connectivity index (χ2v) is 9.65. The van der Waals surface area contributed by atoms with Crippen molar-refractivity contribution in [3.63, 3.8) is 0 Å². The van der Waals surface area contributed by atoms with Crippen LogP contribution in [0.2, 0.25) is 0 Å². The van der Waals surface area contributed by atoms with Crippen LogP contribution in [0.5, 0.6) is 0 Å². The fraction of sp³-hybridized carbons (Fsp3) is 0.129. The highest BCUT2D eigenvalue weighted by Gasteiger charge is 2.37. The van der Waals surface area contributed by atoms with Gasteiger partial charge in [-0.2, -0.15) is 0 Å². The SMILES string of the molecule is CC1(C)c2ccccc2-c2ccc3cc4c(cc3c21)-c1cc(-c2ccccn2)ccc1C4. The first kappa shape index (κ1) is 17.9. The number of pyridine rings is 1. The minimum Gasteiger partial charge on any atom is -0.256 e. The molecule has 1 aromatic heterocycles. The van der Waals surface area contributed by atoms with E-state index in [9.17, 15) is 0 Å². The Morgan fingerprint density at radius 1 is 0.688 bits per heavy atom. The number of rotatable bonds is 1. The molecule has 4 aromatic carbocycles. The summed E-state index contributed by atoms with van der Waals surface area (Å²) in [6, 6.07) is 31.4. The number of aromatic nitrogens is 1. The molecule has 1 heteroatoms. The van der Waals surface area contributed by atoms with Crippen LogP contribution in [0, 0.1) is 0 Å². The summed E-state index contributed by atoms with van der Waals surface area (Å²) in [7, 11) is 0. The summed E-state index contributed by atoms with van der Waals surface area (Å²) in [5.74, 6) is 0. The summed E-state index contributed by atoms with van der Waals surface area (Å²) >= 11 is 0. The molecule has 0 aliphatic heterocycles. The van der Waals surface area contributed by atoms with Gasteiger partial charge in [0, 0.05) is 17.2 Å². The van der Waals surface area contributed by atoms with E-state index < -0.39 is 0 Å². The van der Waals surface area contributed by atoms with Gasteiger partial charge in [0.15, 0.2) is 0 Å². The molecular weight excluding hydrogens is 386 g/mol. The number of hydrogen-bond donors (Lipinski definition) is 0. The lowest BCUT2D eigenvalue weighted by atomic mass is 9.79. The summed E-state index contributed by atoms with van der Waals surface area (Å²) in [6.45, 7) is 4.74. The van der Waals surface area contributed by atoms with Gasteiger partial charge in [0.25, 0.3) is 0 Å². The highest BCUT2D eigenvalue weighted by atomic mass is 14.7. The van der Waals surface area contributed by atoms with E-state index in [0.29, 0.717) is 0 Å². The Morgan fingerprint density at radius 2 is 1.53 bits per heavy atom. The zero-order chi connectivity index (χ0) is 21.4. The first-order valence-electron chi connectivity index (χ1n) is 11.4. The van der Waals surface area contributed by atoms with Gasteiger partial charge in [-0.15, -0.1) is 0 Å². The topological polar surface area (TPSA) is 12.9 Å². The smallest absolute Gasteiger partial charge is 0.0702 e. The normalized spacial score (nSPS) is 14.7. The van der Waals surface area contributed by atoms with Crippen molar-refractivity contribution >= 4 is 10.8 Å². The van der Waals surface area contributed by atoms with Crippen LogP contribution in [0.15, 0.2) is 91.1 Å². The molecule has 0 N–H and O–H groups in total. The number of fused-ring (bicyclic) bond motifs is 8. The molecule has 7 rings (SSSR count). The van der Waals surface area contributed by atoms with Crippen molar-refractivity contribution in [1.82, 2.24) is 4.98 Å². The van der Waals surface area contributed by atoms with Crippen molar-refractivity contribution in [1.29, 1.82) is 0 Å². The summed E-state index contributed by atoms with van der Waals surface area (Å²) in [6.07, 6.45) is 2.87. The van der Waals surface area contributed by atoms with Gasteiger partial charge in [-0.05, 0) is 86.0 Å². The highest BCUT2D eigenvalue weighted by Crippen LogP contribution is 2.52. The molecule has 0 amide bonds. The molecule has 1 nitrogen and oxygen atoms in total. The van der Waals surface area contributed by atoms with Crippen LogP contribution < -0.4 is 0 Å². The predicted octanol–water partition coefficient (Wildman–Crippen LogP) is 7.78. The van der Waals surface area contributed by atoms with E-state index in [4.69, 9.17) is 0 Å². The predicted molar refractivity (Wildman–Crippen MR) is 133 cm³/mol. The minimum atomic E-state index is -0.00306. The average Bonchev–Trinajstić information content (AvgIpc) is 3.30. The van der Waals surface area contributed by atoms with Crippen molar-refractivity contribution in [3.8, 4) is 33.5 Å². The van der Waals surface area contributed by atoms with Crippen LogP contribution in [0.4, 0.5) is 0 Å². The van der Waals surface area contributed by atoms with E-state index >= 15 is 0 Å². The Bertz CT molecular complexity index is 1560. The van der Waals surface area contributed by atoms with Gasteiger partial charge in [0.05, 0.1) is 5.69 Å². The van der Waals surface area contributed by atoms with Gasteiger partial charge < -0.3 is 0 Å². The van der Waals surface area contributed by atoms with Crippen molar-refractivity contribution in [3.05, 3.63) is 113 Å². The maximum atomic E-state index is 4.57. The Labute approximate surface area is 188 Å². The Hall–Kier alpha value is -3.71. The van der Waals surface area contributed by atoms with Crippen molar-refractivity contribution < 1.29 is 0 Å². The lowest BCUT2D eigenvalue weighted by Gasteiger charge is -2.23. The fourth-order valence-corrected chi connectivity index (χ4v) is 5.99. The molecule has 0 saturated heterocycles. The van der Waals surface area contributed by atoms with E-state index in [1.165, 1.54) is 60.8 Å². The molecule has 2 aliphatic rings. The van der Waals surface area contributed by atoms with Gasteiger partial charge in [0.2, 0.25) is 0 Å². The number of hydrogen-bond acceptors (Lipinski definition) is 1. The third-order valence-electron chi connectivity index (χ3n) is 7.50. The van der Waals surface area contributed by atoms with Crippen LogP contribution in [0.3, 0.4) is 0 Å². The van der Waals surface area contributed by atoms with Crippen molar-refractivity contribution in [2.24, 2.45) is 0 Å².